The van der Waals surface area contributed by atoms with Crippen LogP contribution in [0, 0.1) is 5.92 Å². The zero-order valence-electron chi connectivity index (χ0n) is 11.7. The molecule has 1 N–H and O–H groups in total. The molecule has 0 radical (unpaired) electrons. The second kappa shape index (κ2) is 7.09. The second-order valence-corrected chi connectivity index (χ2v) is 6.20. The number of carbonyl (C=O) groups excluding carboxylic acids is 1. The quantitative estimate of drug-likeness (QED) is 0.668. The molecule has 20 heavy (non-hydrogen) atoms. The van der Waals surface area contributed by atoms with Crippen LogP contribution in [0.3, 0.4) is 0 Å². The molecule has 1 aromatic rings. The third kappa shape index (κ3) is 4.21. The molecule has 0 aromatic carbocycles. The summed E-state index contributed by atoms with van der Waals surface area (Å²) in [6.45, 7) is 2.25. The van der Waals surface area contributed by atoms with Gasteiger partial charge in [0, 0.05) is 11.9 Å². The maximum Gasteiger partial charge on any atom is 0.308 e. The van der Waals surface area contributed by atoms with Crippen LogP contribution < -0.4 is 0 Å². The maximum atomic E-state index is 11.7. The minimum absolute atomic E-state index is 0.0462. The van der Waals surface area contributed by atoms with E-state index in [0.717, 1.165) is 5.03 Å². The number of nitrogens with zero attached hydrogens (tertiary/aromatic N) is 1. The first kappa shape index (κ1) is 15.3. The Balaban J connectivity index is 1.81. The number of pyridine rings is 1. The fourth-order valence-electron chi connectivity index (χ4n) is 2.44. The molecule has 2 rings (SSSR count). The number of esters is 1. The topological polar surface area (TPSA) is 59.4 Å². The summed E-state index contributed by atoms with van der Waals surface area (Å²) >= 11 is 1.57. The van der Waals surface area contributed by atoms with Gasteiger partial charge in [-0.15, -0.1) is 11.8 Å². The molecular formula is C15H21NO3S. The van der Waals surface area contributed by atoms with E-state index >= 15 is 0 Å². The van der Waals surface area contributed by atoms with E-state index in [1.807, 2.05) is 25.1 Å². The summed E-state index contributed by atoms with van der Waals surface area (Å²) in [5, 5.41) is 11.5. The maximum absolute atomic E-state index is 11.7. The highest BCUT2D eigenvalue weighted by Gasteiger charge is 2.36. The number of ether oxygens (including phenoxy) is 1. The normalized spacial score (nSPS) is 26.2. The predicted octanol–water partition coefficient (Wildman–Crippen LogP) is 2.66. The van der Waals surface area contributed by atoms with Crippen LogP contribution in [0.25, 0.3) is 0 Å². The molecule has 0 bridgehead atoms. The van der Waals surface area contributed by atoms with Crippen molar-refractivity contribution in [2.75, 3.05) is 12.4 Å². The van der Waals surface area contributed by atoms with Crippen molar-refractivity contribution in [1.29, 1.82) is 0 Å². The fourth-order valence-corrected chi connectivity index (χ4v) is 3.45. The van der Waals surface area contributed by atoms with Gasteiger partial charge in [-0.05, 0) is 44.7 Å². The van der Waals surface area contributed by atoms with Crippen LogP contribution in [0.15, 0.2) is 29.4 Å². The van der Waals surface area contributed by atoms with E-state index in [9.17, 15) is 9.90 Å². The molecular weight excluding hydrogens is 274 g/mol. The number of hydrogen-bond donors (Lipinski definition) is 1. The summed E-state index contributed by atoms with van der Waals surface area (Å²) in [5.74, 6) is 0.460. The van der Waals surface area contributed by atoms with Crippen LogP contribution in [0.1, 0.15) is 32.6 Å². The lowest BCUT2D eigenvalue weighted by molar-refractivity contribution is -0.150. The van der Waals surface area contributed by atoms with Crippen molar-refractivity contribution in [3.8, 4) is 0 Å². The molecule has 1 saturated carbocycles. The molecule has 1 aliphatic carbocycles. The minimum atomic E-state index is -0.689. The van der Waals surface area contributed by atoms with Crippen LogP contribution in [-0.2, 0) is 9.53 Å². The van der Waals surface area contributed by atoms with Gasteiger partial charge in [-0.25, -0.2) is 4.98 Å². The summed E-state index contributed by atoms with van der Waals surface area (Å²) in [4.78, 5) is 15.9. The van der Waals surface area contributed by atoms with Gasteiger partial charge in [0.25, 0.3) is 0 Å². The fraction of sp³-hybridized carbons (Fsp3) is 0.600. The molecule has 0 unspecified atom stereocenters. The SMILES string of the molecule is CCOC(=O)C1CCC(O)(CSc2ccccn2)CC1. The van der Waals surface area contributed by atoms with Gasteiger partial charge in [0.2, 0.25) is 0 Å². The highest BCUT2D eigenvalue weighted by Crippen LogP contribution is 2.36. The Bertz CT molecular complexity index is 430. The lowest BCUT2D eigenvalue weighted by Gasteiger charge is -2.34. The van der Waals surface area contributed by atoms with Crippen LogP contribution in [0.5, 0.6) is 0 Å². The van der Waals surface area contributed by atoms with Crippen molar-refractivity contribution in [3.63, 3.8) is 0 Å². The van der Waals surface area contributed by atoms with E-state index in [4.69, 9.17) is 4.74 Å². The Morgan fingerprint density at radius 3 is 2.85 bits per heavy atom. The summed E-state index contributed by atoms with van der Waals surface area (Å²) in [5.41, 5.74) is -0.689. The van der Waals surface area contributed by atoms with Gasteiger partial charge in [-0.1, -0.05) is 6.07 Å². The predicted molar refractivity (Wildman–Crippen MR) is 78.5 cm³/mol. The summed E-state index contributed by atoms with van der Waals surface area (Å²) in [6, 6.07) is 5.76. The Hall–Kier alpha value is -1.07. The highest BCUT2D eigenvalue weighted by molar-refractivity contribution is 7.99. The summed E-state index contributed by atoms with van der Waals surface area (Å²) in [6.07, 6.45) is 4.47. The summed E-state index contributed by atoms with van der Waals surface area (Å²) < 4.78 is 5.04. The number of hydrogen-bond acceptors (Lipinski definition) is 5. The molecule has 1 fully saturated rings. The van der Waals surface area contributed by atoms with Crippen molar-refractivity contribution in [3.05, 3.63) is 24.4 Å². The molecule has 4 nitrogen and oxygen atoms in total. The first-order valence-electron chi connectivity index (χ1n) is 7.06. The molecule has 0 saturated heterocycles. The second-order valence-electron chi connectivity index (χ2n) is 5.21. The monoisotopic (exact) mass is 295 g/mol. The van der Waals surface area contributed by atoms with Crippen molar-refractivity contribution >= 4 is 17.7 Å². The van der Waals surface area contributed by atoms with Crippen LogP contribution in [-0.4, -0.2) is 34.0 Å². The number of aromatic nitrogens is 1. The van der Waals surface area contributed by atoms with Gasteiger partial charge in [-0.3, -0.25) is 4.79 Å². The molecule has 0 atom stereocenters. The number of aliphatic hydroxyl groups is 1. The molecule has 1 aliphatic rings. The largest absolute Gasteiger partial charge is 0.466 e. The van der Waals surface area contributed by atoms with Gasteiger partial charge < -0.3 is 9.84 Å². The van der Waals surface area contributed by atoms with Crippen LogP contribution in [0.2, 0.25) is 0 Å². The van der Waals surface area contributed by atoms with E-state index in [0.29, 0.717) is 38.0 Å². The van der Waals surface area contributed by atoms with Gasteiger partial charge in [0.05, 0.1) is 23.2 Å². The Morgan fingerprint density at radius 1 is 1.50 bits per heavy atom. The van der Waals surface area contributed by atoms with Gasteiger partial charge in [0.15, 0.2) is 0 Å². The van der Waals surface area contributed by atoms with Crippen molar-refractivity contribution in [2.24, 2.45) is 5.92 Å². The summed E-state index contributed by atoms with van der Waals surface area (Å²) in [7, 11) is 0. The zero-order chi connectivity index (χ0) is 14.4. The van der Waals surface area contributed by atoms with Gasteiger partial charge in [-0.2, -0.15) is 0 Å². The van der Waals surface area contributed by atoms with Crippen LogP contribution >= 0.6 is 11.8 Å². The van der Waals surface area contributed by atoms with E-state index in [2.05, 4.69) is 4.98 Å². The minimum Gasteiger partial charge on any atom is -0.466 e. The Kier molecular flexibility index (Phi) is 5.43. The van der Waals surface area contributed by atoms with Crippen LogP contribution in [0.4, 0.5) is 0 Å². The lowest BCUT2D eigenvalue weighted by Crippen LogP contribution is -2.38. The van der Waals surface area contributed by atoms with Gasteiger partial charge in [0.1, 0.15) is 0 Å². The van der Waals surface area contributed by atoms with Crippen molar-refractivity contribution in [2.45, 2.75) is 43.2 Å². The van der Waals surface area contributed by atoms with E-state index in [1.54, 1.807) is 18.0 Å². The van der Waals surface area contributed by atoms with Crippen molar-refractivity contribution in [1.82, 2.24) is 4.98 Å². The highest BCUT2D eigenvalue weighted by atomic mass is 32.2. The molecule has 1 heterocycles. The van der Waals surface area contributed by atoms with Gasteiger partial charge >= 0.3 is 5.97 Å². The number of thioether (sulfide) groups is 1. The lowest BCUT2D eigenvalue weighted by atomic mass is 9.80. The zero-order valence-corrected chi connectivity index (χ0v) is 12.6. The number of carbonyl (C=O) groups is 1. The Labute approximate surface area is 123 Å². The standard InChI is InChI=1S/C15H21NO3S/c1-2-19-14(17)12-6-8-15(18,9-7-12)11-20-13-5-3-4-10-16-13/h3-5,10,12,18H,2,6-9,11H2,1H3. The van der Waals surface area contributed by atoms with Crippen molar-refractivity contribution < 1.29 is 14.6 Å². The average Bonchev–Trinajstić information content (AvgIpc) is 2.47. The molecule has 0 aliphatic heterocycles. The third-order valence-corrected chi connectivity index (χ3v) is 4.88. The molecule has 0 amide bonds. The average molecular weight is 295 g/mol. The number of rotatable bonds is 5. The van der Waals surface area contributed by atoms with E-state index in [1.165, 1.54) is 0 Å². The first-order chi connectivity index (χ1) is 9.63. The molecule has 0 spiro atoms. The molecule has 110 valence electrons. The van der Waals surface area contributed by atoms with E-state index in [-0.39, 0.29) is 11.9 Å². The molecule has 5 heteroatoms. The third-order valence-electron chi connectivity index (χ3n) is 3.66. The van der Waals surface area contributed by atoms with E-state index < -0.39 is 5.60 Å². The smallest absolute Gasteiger partial charge is 0.308 e. The first-order valence-corrected chi connectivity index (χ1v) is 8.04. The molecule has 1 aromatic heterocycles. The Morgan fingerprint density at radius 2 is 2.25 bits per heavy atom.